The third-order valence-electron chi connectivity index (χ3n) is 3.64. The fourth-order valence-electron chi connectivity index (χ4n) is 2.57. The minimum atomic E-state index is -1.41. The Labute approximate surface area is 139 Å². The number of hydrogen-bond acceptors (Lipinski definition) is 9. The largest absolute Gasteiger partial charge is 0.507 e. The Bertz CT molecular complexity index is 628. The first-order chi connectivity index (χ1) is 10.9. The predicted octanol–water partition coefficient (Wildman–Crippen LogP) is -0.158. The van der Waals surface area contributed by atoms with Crippen LogP contribution < -0.4 is 0 Å². The fourth-order valence-corrected chi connectivity index (χ4v) is 5.42. The van der Waals surface area contributed by atoms with E-state index in [2.05, 4.69) is 15.5 Å². The van der Waals surface area contributed by atoms with Gasteiger partial charge in [0.25, 0.3) is 0 Å². The van der Waals surface area contributed by atoms with Gasteiger partial charge in [0.05, 0.1) is 29.7 Å². The number of aromatic nitrogens is 4. The summed E-state index contributed by atoms with van der Waals surface area (Å²) < 4.78 is 5.84. The van der Waals surface area contributed by atoms with E-state index in [1.165, 1.54) is 33.1 Å². The molecule has 12 heteroatoms. The van der Waals surface area contributed by atoms with E-state index in [0.29, 0.717) is 17.3 Å². The third-order valence-corrected chi connectivity index (χ3v) is 6.67. The SMILES string of the molecule is C[C@@]1(CSc2nnnn2CCO)S[C@H]2CC(=O)N2[C@H]1OC(=O)O. The highest BCUT2D eigenvalue weighted by molar-refractivity contribution is 8.04. The molecule has 10 nitrogen and oxygen atoms in total. The summed E-state index contributed by atoms with van der Waals surface area (Å²) in [6.45, 7) is 2.06. The Hall–Kier alpha value is -1.53. The Balaban J connectivity index is 1.72. The van der Waals surface area contributed by atoms with Crippen molar-refractivity contribution in [3.8, 4) is 0 Å². The molecule has 0 radical (unpaired) electrons. The number of carboxylic acid groups (broad SMARTS) is 1. The molecule has 3 rings (SSSR count). The van der Waals surface area contributed by atoms with Crippen LogP contribution in [0.5, 0.6) is 0 Å². The van der Waals surface area contributed by atoms with Gasteiger partial charge in [-0.3, -0.25) is 9.69 Å². The Morgan fingerprint density at radius 2 is 2.39 bits per heavy atom. The molecule has 2 fully saturated rings. The van der Waals surface area contributed by atoms with E-state index in [4.69, 9.17) is 14.9 Å². The molecule has 2 saturated heterocycles. The number of amides is 1. The van der Waals surface area contributed by atoms with Crippen LogP contribution in [0.2, 0.25) is 0 Å². The Morgan fingerprint density at radius 3 is 3.04 bits per heavy atom. The molecule has 1 amide bonds. The van der Waals surface area contributed by atoms with Crippen LogP contribution in [-0.2, 0) is 16.1 Å². The number of ether oxygens (including phenoxy) is 1. The van der Waals surface area contributed by atoms with E-state index in [1.54, 1.807) is 0 Å². The van der Waals surface area contributed by atoms with Gasteiger partial charge in [0.15, 0.2) is 6.23 Å². The quantitative estimate of drug-likeness (QED) is 0.400. The van der Waals surface area contributed by atoms with Crippen LogP contribution in [0.15, 0.2) is 5.16 Å². The highest BCUT2D eigenvalue weighted by Gasteiger charge is 2.59. The van der Waals surface area contributed by atoms with Gasteiger partial charge < -0.3 is 14.9 Å². The molecule has 0 aromatic carbocycles. The van der Waals surface area contributed by atoms with Gasteiger partial charge in [0.2, 0.25) is 11.1 Å². The van der Waals surface area contributed by atoms with Gasteiger partial charge in [0, 0.05) is 5.75 Å². The average Bonchev–Trinajstić information content (AvgIpc) is 2.99. The van der Waals surface area contributed by atoms with Gasteiger partial charge >= 0.3 is 6.16 Å². The van der Waals surface area contributed by atoms with Crippen molar-refractivity contribution in [2.24, 2.45) is 0 Å². The van der Waals surface area contributed by atoms with Crippen LogP contribution in [0, 0.1) is 0 Å². The van der Waals surface area contributed by atoms with Crippen molar-refractivity contribution in [1.29, 1.82) is 0 Å². The second-order valence-corrected chi connectivity index (χ2v) is 7.98. The number of β-lactam (4-membered cyclic amide) rings is 1. The molecule has 2 N–H and O–H groups in total. The molecule has 2 aliphatic rings. The highest BCUT2D eigenvalue weighted by Crippen LogP contribution is 2.52. The van der Waals surface area contributed by atoms with Gasteiger partial charge in [-0.1, -0.05) is 11.8 Å². The average molecular weight is 361 g/mol. The van der Waals surface area contributed by atoms with Crippen molar-refractivity contribution in [2.45, 2.75) is 41.4 Å². The minimum Gasteiger partial charge on any atom is -0.450 e. The second kappa shape index (κ2) is 6.17. The standard InChI is InChI=1S/C11H15N5O5S2/c1-11(5-22-9-12-13-14-15(9)2-3-17)8(21-10(19)20)16-6(18)4-7(16)23-11/h7-8,17H,2-5H2,1H3,(H,19,20)/t7-,8-,11-/m0/s1. The fraction of sp³-hybridized carbons (Fsp3) is 0.727. The van der Waals surface area contributed by atoms with Gasteiger partial charge in [-0.15, -0.1) is 16.9 Å². The Morgan fingerprint density at radius 1 is 1.61 bits per heavy atom. The van der Waals surface area contributed by atoms with Crippen molar-refractivity contribution >= 4 is 35.6 Å². The van der Waals surface area contributed by atoms with E-state index in [1.807, 2.05) is 6.92 Å². The maximum absolute atomic E-state index is 11.7. The number of hydrogen-bond donors (Lipinski definition) is 2. The lowest BCUT2D eigenvalue weighted by molar-refractivity contribution is -0.156. The van der Waals surface area contributed by atoms with E-state index < -0.39 is 17.1 Å². The monoisotopic (exact) mass is 361 g/mol. The summed E-state index contributed by atoms with van der Waals surface area (Å²) >= 11 is 2.86. The number of carbonyl (C=O) groups is 2. The van der Waals surface area contributed by atoms with E-state index in [-0.39, 0.29) is 24.4 Å². The number of tetrazole rings is 1. The molecule has 0 spiro atoms. The zero-order chi connectivity index (χ0) is 16.6. The van der Waals surface area contributed by atoms with Crippen LogP contribution in [0.4, 0.5) is 4.79 Å². The summed E-state index contributed by atoms with van der Waals surface area (Å²) in [5.74, 6) is 0.356. The van der Waals surface area contributed by atoms with E-state index >= 15 is 0 Å². The summed E-state index contributed by atoms with van der Waals surface area (Å²) in [6, 6.07) is 0. The molecule has 3 heterocycles. The number of carbonyl (C=O) groups excluding carboxylic acids is 1. The van der Waals surface area contributed by atoms with Crippen LogP contribution in [0.25, 0.3) is 0 Å². The predicted molar refractivity (Wildman–Crippen MR) is 79.8 cm³/mol. The molecule has 126 valence electrons. The number of aliphatic hydroxyl groups is 1. The topological polar surface area (TPSA) is 131 Å². The minimum absolute atomic E-state index is 0.0501. The highest BCUT2D eigenvalue weighted by atomic mass is 32.2. The summed E-state index contributed by atoms with van der Waals surface area (Å²) in [7, 11) is 0. The zero-order valence-corrected chi connectivity index (χ0v) is 13.8. The second-order valence-electron chi connectivity index (χ2n) is 5.32. The lowest BCUT2D eigenvalue weighted by atomic mass is 10.1. The van der Waals surface area contributed by atoms with Crippen molar-refractivity contribution in [1.82, 2.24) is 25.1 Å². The first-order valence-electron chi connectivity index (χ1n) is 6.83. The van der Waals surface area contributed by atoms with Crippen molar-refractivity contribution in [2.75, 3.05) is 12.4 Å². The summed E-state index contributed by atoms with van der Waals surface area (Å²) in [6.07, 6.45) is -1.84. The number of thioether (sulfide) groups is 2. The molecule has 0 unspecified atom stereocenters. The molecule has 1 aromatic heterocycles. The molecule has 0 bridgehead atoms. The van der Waals surface area contributed by atoms with Crippen molar-refractivity contribution in [3.63, 3.8) is 0 Å². The number of aliphatic hydroxyl groups excluding tert-OH is 1. The van der Waals surface area contributed by atoms with Crippen LogP contribution in [0.3, 0.4) is 0 Å². The van der Waals surface area contributed by atoms with Crippen LogP contribution in [0.1, 0.15) is 13.3 Å². The lowest BCUT2D eigenvalue weighted by Gasteiger charge is -2.37. The van der Waals surface area contributed by atoms with Crippen LogP contribution >= 0.6 is 23.5 Å². The first-order valence-corrected chi connectivity index (χ1v) is 8.69. The Kier molecular flexibility index (Phi) is 4.38. The molecular weight excluding hydrogens is 346 g/mol. The number of rotatable bonds is 6. The molecular formula is C11H15N5O5S2. The summed E-state index contributed by atoms with van der Waals surface area (Å²) in [5.41, 5.74) is 0. The number of nitrogens with zero attached hydrogens (tertiary/aromatic N) is 5. The van der Waals surface area contributed by atoms with E-state index in [0.717, 1.165) is 0 Å². The molecule has 0 saturated carbocycles. The molecule has 0 aliphatic carbocycles. The molecule has 2 aliphatic heterocycles. The summed E-state index contributed by atoms with van der Waals surface area (Å²) in [4.78, 5) is 24.2. The van der Waals surface area contributed by atoms with Gasteiger partial charge in [-0.05, 0) is 17.4 Å². The number of fused-ring (bicyclic) bond motifs is 1. The molecule has 3 atom stereocenters. The summed E-state index contributed by atoms with van der Waals surface area (Å²) in [5, 5.41) is 29.6. The van der Waals surface area contributed by atoms with Gasteiger partial charge in [-0.2, -0.15) is 0 Å². The lowest BCUT2D eigenvalue weighted by Crippen LogP contribution is -2.56. The maximum Gasteiger partial charge on any atom is 0.507 e. The molecule has 23 heavy (non-hydrogen) atoms. The van der Waals surface area contributed by atoms with E-state index in [9.17, 15) is 9.59 Å². The molecule has 1 aromatic rings. The maximum atomic E-state index is 11.7. The van der Waals surface area contributed by atoms with Gasteiger partial charge in [0.1, 0.15) is 0 Å². The smallest absolute Gasteiger partial charge is 0.450 e. The third kappa shape index (κ3) is 2.97. The van der Waals surface area contributed by atoms with Crippen LogP contribution in [-0.4, -0.2) is 76.1 Å². The van der Waals surface area contributed by atoms with Crippen molar-refractivity contribution in [3.05, 3.63) is 0 Å². The van der Waals surface area contributed by atoms with Crippen molar-refractivity contribution < 1.29 is 24.5 Å². The zero-order valence-electron chi connectivity index (χ0n) is 12.2. The first kappa shape index (κ1) is 16.3. The van der Waals surface area contributed by atoms with Gasteiger partial charge in [-0.25, -0.2) is 9.48 Å². The normalized spacial score (nSPS) is 29.3.